The van der Waals surface area contributed by atoms with Crippen molar-refractivity contribution in [3.05, 3.63) is 23.3 Å². The van der Waals surface area contributed by atoms with E-state index < -0.39 is 0 Å². The fourth-order valence-corrected chi connectivity index (χ4v) is 1.88. The highest BCUT2D eigenvalue weighted by molar-refractivity contribution is 5.51. The summed E-state index contributed by atoms with van der Waals surface area (Å²) in [4.78, 5) is 0. The summed E-state index contributed by atoms with van der Waals surface area (Å²) in [6.45, 7) is 3.87. The third-order valence-electron chi connectivity index (χ3n) is 2.63. The van der Waals surface area contributed by atoms with Gasteiger partial charge in [0.25, 0.3) is 0 Å². The van der Waals surface area contributed by atoms with Crippen LogP contribution in [0.25, 0.3) is 0 Å². The molecule has 0 radical (unpaired) electrons. The van der Waals surface area contributed by atoms with E-state index in [1.54, 1.807) is 21.1 Å². The lowest BCUT2D eigenvalue weighted by Crippen LogP contribution is -2.09. The Bertz CT molecular complexity index is 345. The van der Waals surface area contributed by atoms with Gasteiger partial charge in [0.15, 0.2) is 11.5 Å². The van der Waals surface area contributed by atoms with Gasteiger partial charge >= 0.3 is 0 Å². The summed E-state index contributed by atoms with van der Waals surface area (Å²) in [5.74, 6) is 1.46. The molecule has 0 aliphatic heterocycles. The topological polar surface area (TPSA) is 38.7 Å². The standard InChI is InChI=1S/C13H20O3/c1-5-10-6-7-12(15-3)13(16-4)11(10)8-9(2)14/h6-7,9,14H,5,8H2,1-4H3. The number of rotatable bonds is 5. The van der Waals surface area contributed by atoms with E-state index in [2.05, 4.69) is 6.92 Å². The van der Waals surface area contributed by atoms with Gasteiger partial charge in [-0.25, -0.2) is 0 Å². The molecule has 0 amide bonds. The van der Waals surface area contributed by atoms with Gasteiger partial charge in [-0.2, -0.15) is 0 Å². The second-order valence-electron chi connectivity index (χ2n) is 3.85. The Kier molecular flexibility index (Phi) is 4.62. The molecule has 90 valence electrons. The Labute approximate surface area is 97.0 Å². The average Bonchev–Trinajstić information content (AvgIpc) is 2.27. The largest absolute Gasteiger partial charge is 0.493 e. The third-order valence-corrected chi connectivity index (χ3v) is 2.63. The Morgan fingerprint density at radius 2 is 1.94 bits per heavy atom. The summed E-state index contributed by atoms with van der Waals surface area (Å²) in [5, 5.41) is 9.51. The molecule has 1 rings (SSSR count). The Morgan fingerprint density at radius 3 is 2.38 bits per heavy atom. The van der Waals surface area contributed by atoms with Crippen molar-refractivity contribution in [3.8, 4) is 11.5 Å². The van der Waals surface area contributed by atoms with Crippen molar-refractivity contribution >= 4 is 0 Å². The van der Waals surface area contributed by atoms with Crippen molar-refractivity contribution in [2.75, 3.05) is 14.2 Å². The van der Waals surface area contributed by atoms with Crippen molar-refractivity contribution in [2.24, 2.45) is 0 Å². The van der Waals surface area contributed by atoms with Crippen LogP contribution in [-0.2, 0) is 12.8 Å². The van der Waals surface area contributed by atoms with Gasteiger partial charge in [0.05, 0.1) is 20.3 Å². The van der Waals surface area contributed by atoms with Crippen LogP contribution in [0.15, 0.2) is 12.1 Å². The van der Waals surface area contributed by atoms with E-state index in [9.17, 15) is 5.11 Å². The summed E-state index contributed by atoms with van der Waals surface area (Å²) >= 11 is 0. The number of aliphatic hydroxyl groups is 1. The molecular weight excluding hydrogens is 204 g/mol. The van der Waals surface area contributed by atoms with E-state index in [0.717, 1.165) is 23.5 Å². The average molecular weight is 224 g/mol. The first-order valence-corrected chi connectivity index (χ1v) is 5.54. The molecule has 1 aromatic rings. The first-order valence-electron chi connectivity index (χ1n) is 5.54. The van der Waals surface area contributed by atoms with Gasteiger partial charge in [-0.15, -0.1) is 0 Å². The molecule has 1 N–H and O–H groups in total. The predicted octanol–water partition coefficient (Wildman–Crippen LogP) is 2.19. The van der Waals surface area contributed by atoms with E-state index in [1.807, 2.05) is 12.1 Å². The van der Waals surface area contributed by atoms with Gasteiger partial charge in [-0.1, -0.05) is 13.0 Å². The molecule has 0 bridgehead atoms. The summed E-state index contributed by atoms with van der Waals surface area (Å²) in [6, 6.07) is 3.93. The molecule has 0 spiro atoms. The number of hydrogen-bond donors (Lipinski definition) is 1. The maximum atomic E-state index is 9.51. The lowest BCUT2D eigenvalue weighted by Gasteiger charge is -2.17. The lowest BCUT2D eigenvalue weighted by atomic mass is 9.98. The van der Waals surface area contributed by atoms with Gasteiger partial charge < -0.3 is 14.6 Å². The lowest BCUT2D eigenvalue weighted by molar-refractivity contribution is 0.193. The minimum absolute atomic E-state index is 0.383. The molecule has 0 aromatic heterocycles. The quantitative estimate of drug-likeness (QED) is 0.833. The highest BCUT2D eigenvalue weighted by atomic mass is 16.5. The van der Waals surface area contributed by atoms with E-state index in [1.165, 1.54) is 5.56 Å². The number of aryl methyl sites for hydroxylation is 1. The van der Waals surface area contributed by atoms with Gasteiger partial charge in [-0.3, -0.25) is 0 Å². The number of hydrogen-bond acceptors (Lipinski definition) is 3. The normalized spacial score (nSPS) is 12.3. The molecule has 0 fully saturated rings. The monoisotopic (exact) mass is 224 g/mol. The number of ether oxygens (including phenoxy) is 2. The summed E-state index contributed by atoms with van der Waals surface area (Å²) in [6.07, 6.45) is 1.12. The first kappa shape index (κ1) is 12.8. The van der Waals surface area contributed by atoms with Crippen molar-refractivity contribution in [1.82, 2.24) is 0 Å². The van der Waals surface area contributed by atoms with Crippen LogP contribution in [0, 0.1) is 0 Å². The second-order valence-corrected chi connectivity index (χ2v) is 3.85. The molecule has 0 saturated heterocycles. The van der Waals surface area contributed by atoms with E-state index in [-0.39, 0.29) is 6.10 Å². The van der Waals surface area contributed by atoms with Crippen LogP contribution in [0.3, 0.4) is 0 Å². The number of aliphatic hydroxyl groups excluding tert-OH is 1. The number of methoxy groups -OCH3 is 2. The van der Waals surface area contributed by atoms with Gasteiger partial charge in [0.2, 0.25) is 0 Å². The van der Waals surface area contributed by atoms with Crippen molar-refractivity contribution in [2.45, 2.75) is 32.8 Å². The molecule has 3 heteroatoms. The number of benzene rings is 1. The molecule has 1 unspecified atom stereocenters. The zero-order chi connectivity index (χ0) is 12.1. The molecule has 0 aliphatic rings. The molecule has 0 saturated carbocycles. The first-order chi connectivity index (χ1) is 7.63. The molecule has 0 aliphatic carbocycles. The molecule has 3 nitrogen and oxygen atoms in total. The van der Waals surface area contributed by atoms with E-state index >= 15 is 0 Å². The highest BCUT2D eigenvalue weighted by Crippen LogP contribution is 2.34. The van der Waals surface area contributed by atoms with E-state index in [0.29, 0.717) is 6.42 Å². The van der Waals surface area contributed by atoms with Crippen LogP contribution in [0.2, 0.25) is 0 Å². The van der Waals surface area contributed by atoms with E-state index in [4.69, 9.17) is 9.47 Å². The summed E-state index contributed by atoms with van der Waals surface area (Å²) in [7, 11) is 3.25. The fraction of sp³-hybridized carbons (Fsp3) is 0.538. The van der Waals surface area contributed by atoms with Crippen LogP contribution in [0.1, 0.15) is 25.0 Å². The van der Waals surface area contributed by atoms with Crippen molar-refractivity contribution in [1.29, 1.82) is 0 Å². The molecule has 16 heavy (non-hydrogen) atoms. The van der Waals surface area contributed by atoms with Gasteiger partial charge in [0, 0.05) is 12.0 Å². The molecule has 0 heterocycles. The maximum Gasteiger partial charge on any atom is 0.164 e. The highest BCUT2D eigenvalue weighted by Gasteiger charge is 2.15. The van der Waals surface area contributed by atoms with Gasteiger partial charge in [0.1, 0.15) is 0 Å². The minimum atomic E-state index is -0.383. The Balaban J connectivity index is 3.25. The van der Waals surface area contributed by atoms with Crippen LogP contribution in [-0.4, -0.2) is 25.4 Å². The summed E-state index contributed by atoms with van der Waals surface area (Å²) in [5.41, 5.74) is 2.23. The van der Waals surface area contributed by atoms with Crippen LogP contribution in [0.4, 0.5) is 0 Å². The SMILES string of the molecule is CCc1ccc(OC)c(OC)c1CC(C)O. The fourth-order valence-electron chi connectivity index (χ4n) is 1.88. The van der Waals surface area contributed by atoms with Crippen LogP contribution < -0.4 is 9.47 Å². The van der Waals surface area contributed by atoms with Crippen LogP contribution >= 0.6 is 0 Å². The predicted molar refractivity (Wildman–Crippen MR) is 64.3 cm³/mol. The summed E-state index contributed by atoms with van der Waals surface area (Å²) < 4.78 is 10.6. The third kappa shape index (κ3) is 2.67. The van der Waals surface area contributed by atoms with Crippen LogP contribution in [0.5, 0.6) is 11.5 Å². The Hall–Kier alpha value is -1.22. The van der Waals surface area contributed by atoms with Crippen molar-refractivity contribution < 1.29 is 14.6 Å². The Morgan fingerprint density at radius 1 is 1.25 bits per heavy atom. The van der Waals surface area contributed by atoms with Crippen molar-refractivity contribution in [3.63, 3.8) is 0 Å². The maximum absolute atomic E-state index is 9.51. The zero-order valence-corrected chi connectivity index (χ0v) is 10.4. The van der Waals surface area contributed by atoms with Gasteiger partial charge in [-0.05, 0) is 25.0 Å². The zero-order valence-electron chi connectivity index (χ0n) is 10.4. The molecular formula is C13H20O3. The molecule has 1 atom stereocenters. The minimum Gasteiger partial charge on any atom is -0.493 e. The smallest absolute Gasteiger partial charge is 0.164 e. The second kappa shape index (κ2) is 5.75. The molecule has 1 aromatic carbocycles.